The molecular weight excluding hydrogens is 301 g/mol. The topological polar surface area (TPSA) is 38.3 Å². The van der Waals surface area contributed by atoms with Crippen molar-refractivity contribution in [2.24, 2.45) is 0 Å². The average Bonchev–Trinajstić information content (AvgIpc) is 2.84. The molecule has 0 spiro atoms. The Morgan fingerprint density at radius 1 is 1.40 bits per heavy atom. The van der Waals surface area contributed by atoms with E-state index in [1.165, 1.54) is 36.6 Å². The normalized spacial score (nSPS) is 10.3. The molecule has 6 heteroatoms. The van der Waals surface area contributed by atoms with Gasteiger partial charge in [-0.1, -0.05) is 11.6 Å². The molecule has 1 heterocycles. The number of anilines is 1. The molecular formula is C14H13ClFNO2S. The van der Waals surface area contributed by atoms with E-state index < -0.39 is 5.82 Å². The van der Waals surface area contributed by atoms with Crippen LogP contribution in [0.3, 0.4) is 0 Å². The minimum Gasteiger partial charge on any atom is -0.494 e. The molecule has 1 amide bonds. The number of aryl methyl sites for hydroxylation is 1. The zero-order valence-electron chi connectivity index (χ0n) is 10.8. The van der Waals surface area contributed by atoms with E-state index in [4.69, 9.17) is 16.3 Å². The van der Waals surface area contributed by atoms with Gasteiger partial charge >= 0.3 is 0 Å². The third kappa shape index (κ3) is 3.95. The number of hydrogen-bond donors (Lipinski definition) is 1. The highest BCUT2D eigenvalue weighted by Crippen LogP contribution is 2.26. The Balaban J connectivity index is 1.94. The number of ether oxygens (including phenoxy) is 1. The van der Waals surface area contributed by atoms with Crippen LogP contribution in [-0.4, -0.2) is 13.0 Å². The second-order valence-corrected chi connectivity index (χ2v) is 5.90. The first kappa shape index (κ1) is 14.8. The van der Waals surface area contributed by atoms with Crippen LogP contribution in [0.1, 0.15) is 11.3 Å². The van der Waals surface area contributed by atoms with Crippen molar-refractivity contribution in [1.29, 1.82) is 0 Å². The van der Waals surface area contributed by atoms with E-state index in [9.17, 15) is 9.18 Å². The molecule has 106 valence electrons. The van der Waals surface area contributed by atoms with Crippen molar-refractivity contribution >= 4 is 34.5 Å². The van der Waals surface area contributed by atoms with E-state index in [2.05, 4.69) is 5.32 Å². The summed E-state index contributed by atoms with van der Waals surface area (Å²) in [6.45, 7) is 0. The summed E-state index contributed by atoms with van der Waals surface area (Å²) in [6, 6.07) is 7.70. The Labute approximate surface area is 125 Å². The maximum Gasteiger partial charge on any atom is 0.224 e. The summed E-state index contributed by atoms with van der Waals surface area (Å²) < 4.78 is 18.8. The van der Waals surface area contributed by atoms with Crippen molar-refractivity contribution in [3.63, 3.8) is 0 Å². The average molecular weight is 314 g/mol. The Bertz CT molecular complexity index is 615. The van der Waals surface area contributed by atoms with Crippen molar-refractivity contribution in [3.05, 3.63) is 45.4 Å². The third-order valence-corrected chi connectivity index (χ3v) is 3.96. The summed E-state index contributed by atoms with van der Waals surface area (Å²) in [5, 5.41) is 2.71. The summed E-state index contributed by atoms with van der Waals surface area (Å²) >= 11 is 7.28. The molecule has 2 rings (SSSR count). The molecule has 0 bridgehead atoms. The Morgan fingerprint density at radius 2 is 2.20 bits per heavy atom. The molecule has 0 saturated carbocycles. The molecule has 1 aromatic heterocycles. The fourth-order valence-corrected chi connectivity index (χ4v) is 2.79. The number of carbonyl (C=O) groups is 1. The molecule has 0 unspecified atom stereocenters. The monoisotopic (exact) mass is 313 g/mol. The first-order valence-electron chi connectivity index (χ1n) is 5.96. The van der Waals surface area contributed by atoms with E-state index >= 15 is 0 Å². The van der Waals surface area contributed by atoms with E-state index in [0.29, 0.717) is 28.6 Å². The van der Waals surface area contributed by atoms with Gasteiger partial charge in [0.15, 0.2) is 0 Å². The molecule has 0 atom stereocenters. The number of benzene rings is 1. The fraction of sp³-hybridized carbons (Fsp3) is 0.214. The van der Waals surface area contributed by atoms with Gasteiger partial charge in [0.2, 0.25) is 5.91 Å². The zero-order chi connectivity index (χ0) is 14.5. The van der Waals surface area contributed by atoms with Gasteiger partial charge in [0, 0.05) is 17.4 Å². The smallest absolute Gasteiger partial charge is 0.224 e. The Hall–Kier alpha value is -1.59. The molecule has 3 nitrogen and oxygen atoms in total. The molecule has 0 aliphatic carbocycles. The highest BCUT2D eigenvalue weighted by molar-refractivity contribution is 7.16. The molecule has 1 N–H and O–H groups in total. The summed E-state index contributed by atoms with van der Waals surface area (Å²) in [4.78, 5) is 12.9. The Kier molecular flexibility index (Phi) is 4.98. The predicted molar refractivity (Wildman–Crippen MR) is 79.2 cm³/mol. The lowest BCUT2D eigenvalue weighted by molar-refractivity contribution is -0.116. The zero-order valence-corrected chi connectivity index (χ0v) is 12.4. The molecule has 0 radical (unpaired) electrons. The largest absolute Gasteiger partial charge is 0.494 e. The highest BCUT2D eigenvalue weighted by atomic mass is 35.5. The van der Waals surface area contributed by atoms with Gasteiger partial charge in [-0.2, -0.15) is 0 Å². The van der Waals surface area contributed by atoms with Crippen LogP contribution < -0.4 is 10.1 Å². The number of nitrogens with one attached hydrogen (secondary N) is 1. The van der Waals surface area contributed by atoms with Crippen molar-refractivity contribution in [2.45, 2.75) is 12.8 Å². The molecule has 0 aliphatic rings. The van der Waals surface area contributed by atoms with Crippen LogP contribution in [0.5, 0.6) is 5.75 Å². The summed E-state index contributed by atoms with van der Waals surface area (Å²) in [7, 11) is 1.43. The fourth-order valence-electron chi connectivity index (χ4n) is 1.70. The number of halogens is 2. The Morgan fingerprint density at radius 3 is 2.85 bits per heavy atom. The second-order valence-electron chi connectivity index (χ2n) is 4.10. The van der Waals surface area contributed by atoms with Crippen LogP contribution in [0.2, 0.25) is 4.34 Å². The van der Waals surface area contributed by atoms with E-state index in [1.807, 2.05) is 12.1 Å². The van der Waals surface area contributed by atoms with Crippen molar-refractivity contribution in [1.82, 2.24) is 0 Å². The first-order chi connectivity index (χ1) is 9.58. The lowest BCUT2D eigenvalue weighted by Crippen LogP contribution is -2.12. The lowest BCUT2D eigenvalue weighted by Gasteiger charge is -2.09. The number of methoxy groups -OCH3 is 1. The second kappa shape index (κ2) is 6.72. The van der Waals surface area contributed by atoms with Gasteiger partial charge in [-0.25, -0.2) is 4.39 Å². The third-order valence-electron chi connectivity index (χ3n) is 2.66. The summed E-state index contributed by atoms with van der Waals surface area (Å²) in [5.74, 6) is -0.259. The molecule has 2 aromatic rings. The molecule has 0 aliphatic heterocycles. The number of hydrogen-bond acceptors (Lipinski definition) is 3. The maximum atomic E-state index is 13.0. The quantitative estimate of drug-likeness (QED) is 0.901. The first-order valence-corrected chi connectivity index (χ1v) is 7.15. The van der Waals surface area contributed by atoms with Gasteiger partial charge in [0.05, 0.1) is 17.1 Å². The van der Waals surface area contributed by atoms with Gasteiger partial charge in [-0.3, -0.25) is 4.79 Å². The number of thiophene rings is 1. The van der Waals surface area contributed by atoms with Crippen molar-refractivity contribution in [2.75, 3.05) is 12.4 Å². The van der Waals surface area contributed by atoms with Crippen LogP contribution in [-0.2, 0) is 11.2 Å². The maximum absolute atomic E-state index is 13.0. The lowest BCUT2D eigenvalue weighted by atomic mass is 10.2. The summed E-state index contributed by atoms with van der Waals surface area (Å²) in [6.07, 6.45) is 0.949. The van der Waals surface area contributed by atoms with Gasteiger partial charge in [0.25, 0.3) is 0 Å². The van der Waals surface area contributed by atoms with Gasteiger partial charge in [0.1, 0.15) is 11.6 Å². The minimum atomic E-state index is -0.409. The summed E-state index contributed by atoms with van der Waals surface area (Å²) in [5.41, 5.74) is 0.461. The highest BCUT2D eigenvalue weighted by Gasteiger charge is 2.09. The number of rotatable bonds is 5. The molecule has 0 saturated heterocycles. The SMILES string of the molecule is COc1cc(F)ccc1NC(=O)CCc1ccc(Cl)s1. The molecule has 20 heavy (non-hydrogen) atoms. The van der Waals surface area contributed by atoms with E-state index in [-0.39, 0.29) is 5.91 Å². The van der Waals surface area contributed by atoms with Crippen molar-refractivity contribution < 1.29 is 13.9 Å². The van der Waals surface area contributed by atoms with Crippen LogP contribution >= 0.6 is 22.9 Å². The van der Waals surface area contributed by atoms with Crippen LogP contribution in [0, 0.1) is 5.82 Å². The van der Waals surface area contributed by atoms with Crippen LogP contribution in [0.4, 0.5) is 10.1 Å². The van der Waals surface area contributed by atoms with Gasteiger partial charge in [-0.05, 0) is 30.7 Å². The number of carbonyl (C=O) groups excluding carboxylic acids is 1. The minimum absolute atomic E-state index is 0.153. The van der Waals surface area contributed by atoms with Gasteiger partial charge in [-0.15, -0.1) is 11.3 Å². The van der Waals surface area contributed by atoms with Gasteiger partial charge < -0.3 is 10.1 Å². The van der Waals surface area contributed by atoms with E-state index in [1.54, 1.807) is 0 Å². The standard InChI is InChI=1S/C14H13ClFNO2S/c1-19-12-8-9(16)2-5-11(12)17-14(18)7-4-10-3-6-13(15)20-10/h2-3,5-6,8H,4,7H2,1H3,(H,17,18). The molecule has 0 fully saturated rings. The molecule has 1 aromatic carbocycles. The van der Waals surface area contributed by atoms with Crippen LogP contribution in [0.15, 0.2) is 30.3 Å². The van der Waals surface area contributed by atoms with Crippen molar-refractivity contribution in [3.8, 4) is 5.75 Å². The van der Waals surface area contributed by atoms with E-state index in [0.717, 1.165) is 4.88 Å². The predicted octanol–water partition coefficient (Wildman–Crippen LogP) is 4.12. The number of amides is 1. The van der Waals surface area contributed by atoms with Crippen LogP contribution in [0.25, 0.3) is 0 Å².